The molecule has 78 valence electrons. The Kier molecular flexibility index (Phi) is 3.57. The van der Waals surface area contributed by atoms with E-state index in [1.807, 2.05) is 12.4 Å². The largest absolute Gasteiger partial charge is 0.349 e. The van der Waals surface area contributed by atoms with Crippen molar-refractivity contribution in [2.24, 2.45) is 5.92 Å². The van der Waals surface area contributed by atoms with Gasteiger partial charge in [-0.15, -0.1) is 0 Å². The molecule has 1 aromatic heterocycles. The van der Waals surface area contributed by atoms with Crippen LogP contribution in [0, 0.1) is 5.92 Å². The fourth-order valence-electron chi connectivity index (χ4n) is 2.16. The molecule has 0 aliphatic carbocycles. The van der Waals surface area contributed by atoms with Crippen LogP contribution in [0.4, 0.5) is 0 Å². The van der Waals surface area contributed by atoms with Crippen LogP contribution in [-0.2, 0) is 6.42 Å². The van der Waals surface area contributed by atoms with E-state index in [-0.39, 0.29) is 0 Å². The first-order valence-corrected chi connectivity index (χ1v) is 5.64. The summed E-state index contributed by atoms with van der Waals surface area (Å²) in [5, 5.41) is 3.40. The van der Waals surface area contributed by atoms with E-state index in [1.54, 1.807) is 0 Å². The Morgan fingerprint density at radius 1 is 1.36 bits per heavy atom. The van der Waals surface area contributed by atoms with E-state index in [1.165, 1.54) is 38.8 Å². The average Bonchev–Trinajstić information content (AvgIpc) is 2.72. The number of hydrogen-bond acceptors (Lipinski definition) is 2. The van der Waals surface area contributed by atoms with Crippen LogP contribution in [0.15, 0.2) is 12.4 Å². The highest BCUT2D eigenvalue weighted by molar-refractivity contribution is 4.86. The molecular weight excluding hydrogens is 174 g/mol. The molecule has 2 heterocycles. The first-order valence-electron chi connectivity index (χ1n) is 5.64. The van der Waals surface area contributed by atoms with Gasteiger partial charge in [0, 0.05) is 18.8 Å². The second-order valence-corrected chi connectivity index (χ2v) is 4.12. The predicted octanol–water partition coefficient (Wildman–Crippen LogP) is 1.73. The molecule has 1 aliphatic rings. The van der Waals surface area contributed by atoms with E-state index < -0.39 is 0 Å². The summed E-state index contributed by atoms with van der Waals surface area (Å²) >= 11 is 0. The minimum absolute atomic E-state index is 0.950. The molecule has 0 saturated carbocycles. The van der Waals surface area contributed by atoms with Crippen molar-refractivity contribution in [3.05, 3.63) is 18.2 Å². The number of imidazole rings is 1. The molecule has 0 radical (unpaired) electrons. The van der Waals surface area contributed by atoms with Crippen LogP contribution >= 0.6 is 0 Å². The number of hydrogen-bond donors (Lipinski definition) is 2. The summed E-state index contributed by atoms with van der Waals surface area (Å²) in [5.74, 6) is 2.09. The summed E-state index contributed by atoms with van der Waals surface area (Å²) in [7, 11) is 0. The highest BCUT2D eigenvalue weighted by Gasteiger charge is 2.12. The fraction of sp³-hybridized carbons (Fsp3) is 0.727. The molecule has 2 N–H and O–H groups in total. The van der Waals surface area contributed by atoms with Gasteiger partial charge in [0.15, 0.2) is 0 Å². The van der Waals surface area contributed by atoms with Gasteiger partial charge in [-0.1, -0.05) is 0 Å². The van der Waals surface area contributed by atoms with Crippen molar-refractivity contribution in [2.45, 2.75) is 32.1 Å². The molecule has 1 fully saturated rings. The van der Waals surface area contributed by atoms with Crippen molar-refractivity contribution in [3.8, 4) is 0 Å². The maximum atomic E-state index is 4.23. The SMILES string of the molecule is c1c[nH]c(CCCC2CCNCC2)n1. The van der Waals surface area contributed by atoms with Crippen LogP contribution in [0.3, 0.4) is 0 Å². The Labute approximate surface area is 85.3 Å². The molecule has 1 aromatic rings. The molecule has 0 unspecified atom stereocenters. The molecular formula is C11H19N3. The quantitative estimate of drug-likeness (QED) is 0.764. The fourth-order valence-corrected chi connectivity index (χ4v) is 2.16. The van der Waals surface area contributed by atoms with Gasteiger partial charge >= 0.3 is 0 Å². The number of piperidine rings is 1. The molecule has 0 atom stereocenters. The number of aromatic amines is 1. The Hall–Kier alpha value is -0.830. The van der Waals surface area contributed by atoms with Gasteiger partial charge in [0.25, 0.3) is 0 Å². The predicted molar refractivity (Wildman–Crippen MR) is 57.1 cm³/mol. The number of H-pyrrole nitrogens is 1. The number of aromatic nitrogens is 2. The summed E-state index contributed by atoms with van der Waals surface area (Å²) in [6.45, 7) is 2.43. The molecule has 3 heteroatoms. The van der Waals surface area contributed by atoms with Crippen molar-refractivity contribution in [3.63, 3.8) is 0 Å². The third-order valence-corrected chi connectivity index (χ3v) is 3.04. The number of aryl methyl sites for hydroxylation is 1. The number of rotatable bonds is 4. The van der Waals surface area contributed by atoms with Crippen molar-refractivity contribution in [1.82, 2.24) is 15.3 Å². The molecule has 14 heavy (non-hydrogen) atoms. The van der Waals surface area contributed by atoms with Gasteiger partial charge in [0.05, 0.1) is 0 Å². The van der Waals surface area contributed by atoms with Crippen molar-refractivity contribution >= 4 is 0 Å². The van der Waals surface area contributed by atoms with E-state index in [0.717, 1.165) is 18.2 Å². The first-order chi connectivity index (χ1) is 6.95. The molecule has 1 aliphatic heterocycles. The zero-order valence-corrected chi connectivity index (χ0v) is 8.63. The molecule has 0 bridgehead atoms. The van der Waals surface area contributed by atoms with Gasteiger partial charge < -0.3 is 10.3 Å². The van der Waals surface area contributed by atoms with E-state index in [0.29, 0.717) is 0 Å². The van der Waals surface area contributed by atoms with Gasteiger partial charge in [-0.2, -0.15) is 0 Å². The maximum absolute atomic E-state index is 4.23. The second-order valence-electron chi connectivity index (χ2n) is 4.12. The molecule has 0 aromatic carbocycles. The Morgan fingerprint density at radius 3 is 2.93 bits per heavy atom. The third kappa shape index (κ3) is 2.84. The van der Waals surface area contributed by atoms with E-state index >= 15 is 0 Å². The van der Waals surface area contributed by atoms with E-state index in [9.17, 15) is 0 Å². The second kappa shape index (κ2) is 5.15. The van der Waals surface area contributed by atoms with E-state index in [2.05, 4.69) is 15.3 Å². The van der Waals surface area contributed by atoms with Crippen molar-refractivity contribution < 1.29 is 0 Å². The summed E-state index contributed by atoms with van der Waals surface area (Å²) < 4.78 is 0. The van der Waals surface area contributed by atoms with Crippen LogP contribution in [0.5, 0.6) is 0 Å². The van der Waals surface area contributed by atoms with Gasteiger partial charge in [-0.05, 0) is 44.7 Å². The van der Waals surface area contributed by atoms with Crippen LogP contribution in [0.25, 0.3) is 0 Å². The lowest BCUT2D eigenvalue weighted by Crippen LogP contribution is -2.27. The first kappa shape index (κ1) is 9.71. The highest BCUT2D eigenvalue weighted by atomic mass is 14.9. The lowest BCUT2D eigenvalue weighted by molar-refractivity contribution is 0.346. The summed E-state index contributed by atoms with van der Waals surface area (Å²) in [6.07, 6.45) is 10.2. The topological polar surface area (TPSA) is 40.7 Å². The third-order valence-electron chi connectivity index (χ3n) is 3.04. The van der Waals surface area contributed by atoms with E-state index in [4.69, 9.17) is 0 Å². The minimum atomic E-state index is 0.950. The van der Waals surface area contributed by atoms with Gasteiger partial charge in [0.2, 0.25) is 0 Å². The number of nitrogens with zero attached hydrogens (tertiary/aromatic N) is 1. The smallest absolute Gasteiger partial charge is 0.105 e. The minimum Gasteiger partial charge on any atom is -0.349 e. The Morgan fingerprint density at radius 2 is 2.21 bits per heavy atom. The zero-order valence-electron chi connectivity index (χ0n) is 8.63. The lowest BCUT2D eigenvalue weighted by atomic mass is 9.92. The van der Waals surface area contributed by atoms with Gasteiger partial charge in [-0.25, -0.2) is 4.98 Å². The lowest BCUT2D eigenvalue weighted by Gasteiger charge is -2.22. The summed E-state index contributed by atoms with van der Waals surface area (Å²) in [5.41, 5.74) is 0. The molecule has 3 nitrogen and oxygen atoms in total. The van der Waals surface area contributed by atoms with Gasteiger partial charge in [-0.3, -0.25) is 0 Å². The van der Waals surface area contributed by atoms with Crippen molar-refractivity contribution in [2.75, 3.05) is 13.1 Å². The molecule has 2 rings (SSSR count). The Bertz CT molecular complexity index is 237. The molecule has 0 spiro atoms. The standard InChI is InChI=1S/C11H19N3/c1(3-11-13-8-9-14-11)2-10-4-6-12-7-5-10/h8-10,12H,1-7H2,(H,13,14). The van der Waals surface area contributed by atoms with Crippen LogP contribution in [0.2, 0.25) is 0 Å². The Balaban J connectivity index is 1.62. The van der Waals surface area contributed by atoms with Crippen LogP contribution in [-0.4, -0.2) is 23.1 Å². The van der Waals surface area contributed by atoms with Crippen LogP contribution in [0.1, 0.15) is 31.5 Å². The number of nitrogens with one attached hydrogen (secondary N) is 2. The van der Waals surface area contributed by atoms with Crippen LogP contribution < -0.4 is 5.32 Å². The average molecular weight is 193 g/mol. The normalized spacial score (nSPS) is 18.6. The van der Waals surface area contributed by atoms with Crippen molar-refractivity contribution in [1.29, 1.82) is 0 Å². The van der Waals surface area contributed by atoms with Gasteiger partial charge in [0.1, 0.15) is 5.82 Å². The highest BCUT2D eigenvalue weighted by Crippen LogP contribution is 2.18. The molecule has 0 amide bonds. The monoisotopic (exact) mass is 193 g/mol. The zero-order chi connectivity index (χ0) is 9.64. The summed E-state index contributed by atoms with van der Waals surface area (Å²) in [4.78, 5) is 7.38. The maximum Gasteiger partial charge on any atom is 0.105 e. The summed E-state index contributed by atoms with van der Waals surface area (Å²) in [6, 6.07) is 0. The molecule has 1 saturated heterocycles.